The Bertz CT molecular complexity index is 406. The first-order valence-corrected chi connectivity index (χ1v) is 4.94. The third-order valence-electron chi connectivity index (χ3n) is 2.69. The van der Waals surface area contributed by atoms with Gasteiger partial charge in [0.15, 0.2) is 0 Å². The van der Waals surface area contributed by atoms with Crippen LogP contribution in [-0.2, 0) is 4.79 Å². The van der Waals surface area contributed by atoms with E-state index < -0.39 is 5.82 Å². The Morgan fingerprint density at radius 1 is 1.60 bits per heavy atom. The van der Waals surface area contributed by atoms with Gasteiger partial charge >= 0.3 is 0 Å². The topological polar surface area (TPSA) is 55.1 Å². The van der Waals surface area contributed by atoms with E-state index in [1.54, 1.807) is 0 Å². The fourth-order valence-electron chi connectivity index (χ4n) is 1.55. The second-order valence-electron chi connectivity index (χ2n) is 4.05. The normalized spacial score (nSPS) is 23.6. The first-order valence-electron chi connectivity index (χ1n) is 4.94. The molecule has 1 amide bonds. The third kappa shape index (κ3) is 2.09. The van der Waals surface area contributed by atoms with Crippen molar-refractivity contribution in [1.82, 2.24) is 0 Å². The summed E-state index contributed by atoms with van der Waals surface area (Å²) in [5.41, 5.74) is 6.11. The van der Waals surface area contributed by atoms with Crippen molar-refractivity contribution in [3.05, 3.63) is 24.0 Å². The fourth-order valence-corrected chi connectivity index (χ4v) is 1.55. The van der Waals surface area contributed by atoms with Gasteiger partial charge in [-0.15, -0.1) is 0 Å². The molecule has 1 saturated carbocycles. The summed E-state index contributed by atoms with van der Waals surface area (Å²) in [5.74, 6) is -0.127. The Kier molecular flexibility index (Phi) is 2.34. The molecule has 0 aliphatic heterocycles. The maximum atomic E-state index is 13.2. The maximum absolute atomic E-state index is 13.2. The van der Waals surface area contributed by atoms with Crippen LogP contribution < -0.4 is 11.1 Å². The van der Waals surface area contributed by atoms with E-state index in [1.807, 2.05) is 6.92 Å². The van der Waals surface area contributed by atoms with Gasteiger partial charge < -0.3 is 11.1 Å². The van der Waals surface area contributed by atoms with E-state index in [0.29, 0.717) is 11.6 Å². The summed E-state index contributed by atoms with van der Waals surface area (Å²) in [6, 6.07) is 4.15. The highest BCUT2D eigenvalue weighted by Gasteiger charge is 2.39. The van der Waals surface area contributed by atoms with Crippen LogP contribution in [0.25, 0.3) is 0 Å². The third-order valence-corrected chi connectivity index (χ3v) is 2.69. The second kappa shape index (κ2) is 3.53. The molecule has 4 heteroatoms. The predicted octanol–water partition coefficient (Wildman–Crippen LogP) is 2.00. The molecule has 1 aromatic rings. The van der Waals surface area contributed by atoms with E-state index >= 15 is 0 Å². The van der Waals surface area contributed by atoms with Crippen LogP contribution in [0.1, 0.15) is 13.3 Å². The highest BCUT2D eigenvalue weighted by Crippen LogP contribution is 2.38. The average Bonchev–Trinajstić information content (AvgIpc) is 2.89. The summed E-state index contributed by atoms with van der Waals surface area (Å²) >= 11 is 0. The van der Waals surface area contributed by atoms with Crippen LogP contribution >= 0.6 is 0 Å². The van der Waals surface area contributed by atoms with Crippen molar-refractivity contribution in [2.75, 3.05) is 11.1 Å². The number of benzene rings is 1. The fraction of sp³-hybridized carbons (Fsp3) is 0.364. The lowest BCUT2D eigenvalue weighted by Gasteiger charge is -2.06. The number of hydrogen-bond donors (Lipinski definition) is 2. The number of hydrogen-bond acceptors (Lipinski definition) is 2. The summed E-state index contributed by atoms with van der Waals surface area (Å²) in [6.45, 7) is 2.00. The van der Waals surface area contributed by atoms with Crippen molar-refractivity contribution in [2.45, 2.75) is 13.3 Å². The van der Waals surface area contributed by atoms with E-state index in [1.165, 1.54) is 18.2 Å². The molecule has 3 nitrogen and oxygen atoms in total. The van der Waals surface area contributed by atoms with E-state index in [4.69, 9.17) is 5.73 Å². The minimum atomic E-state index is -0.453. The molecule has 1 fully saturated rings. The first kappa shape index (κ1) is 9.96. The number of carbonyl (C=O) groups is 1. The maximum Gasteiger partial charge on any atom is 0.227 e. The summed E-state index contributed by atoms with van der Waals surface area (Å²) in [7, 11) is 0. The molecule has 3 N–H and O–H groups in total. The van der Waals surface area contributed by atoms with Crippen molar-refractivity contribution >= 4 is 17.3 Å². The molecular formula is C11H13FN2O. The molecular weight excluding hydrogens is 195 g/mol. The highest BCUT2D eigenvalue weighted by molar-refractivity contribution is 5.94. The molecule has 1 aliphatic rings. The number of amides is 1. The zero-order valence-corrected chi connectivity index (χ0v) is 8.46. The van der Waals surface area contributed by atoms with Gasteiger partial charge in [0.05, 0.1) is 5.69 Å². The monoisotopic (exact) mass is 208 g/mol. The van der Waals surface area contributed by atoms with Gasteiger partial charge in [-0.25, -0.2) is 4.39 Å². The van der Waals surface area contributed by atoms with Crippen LogP contribution in [0.2, 0.25) is 0 Å². The number of carbonyl (C=O) groups excluding carboxylic acids is 1. The molecule has 1 aliphatic carbocycles. The van der Waals surface area contributed by atoms with E-state index in [9.17, 15) is 9.18 Å². The summed E-state index contributed by atoms with van der Waals surface area (Å²) in [5, 5.41) is 2.55. The SMILES string of the molecule is CC1CC1C(=O)Nc1cc(N)ccc1F. The predicted molar refractivity (Wildman–Crippen MR) is 56.7 cm³/mol. The summed E-state index contributed by atoms with van der Waals surface area (Å²) < 4.78 is 13.2. The van der Waals surface area contributed by atoms with Gasteiger partial charge in [0.1, 0.15) is 5.82 Å². The zero-order chi connectivity index (χ0) is 11.0. The minimum absolute atomic E-state index is 0.0332. The Hall–Kier alpha value is -1.58. The van der Waals surface area contributed by atoms with Gasteiger partial charge in [0.2, 0.25) is 5.91 Å². The number of rotatable bonds is 2. The summed E-state index contributed by atoms with van der Waals surface area (Å²) in [4.78, 5) is 11.5. The lowest BCUT2D eigenvalue weighted by Crippen LogP contribution is -2.15. The van der Waals surface area contributed by atoms with Crippen LogP contribution in [0.5, 0.6) is 0 Å². The second-order valence-corrected chi connectivity index (χ2v) is 4.05. The smallest absolute Gasteiger partial charge is 0.227 e. The molecule has 0 bridgehead atoms. The molecule has 2 atom stereocenters. The standard InChI is InChI=1S/C11H13FN2O/c1-6-4-8(6)11(15)14-10-5-7(13)2-3-9(10)12/h2-3,5-6,8H,4,13H2,1H3,(H,14,15). The lowest BCUT2D eigenvalue weighted by molar-refractivity contribution is -0.117. The Labute approximate surface area is 87.5 Å². The number of nitrogens with one attached hydrogen (secondary N) is 1. The largest absolute Gasteiger partial charge is 0.399 e. The van der Waals surface area contributed by atoms with Crippen LogP contribution in [0.3, 0.4) is 0 Å². The van der Waals surface area contributed by atoms with Gasteiger partial charge in [-0.3, -0.25) is 4.79 Å². The highest BCUT2D eigenvalue weighted by atomic mass is 19.1. The van der Waals surface area contributed by atoms with Crippen LogP contribution in [0, 0.1) is 17.7 Å². The molecule has 0 saturated heterocycles. The molecule has 0 spiro atoms. The van der Waals surface area contributed by atoms with E-state index in [-0.39, 0.29) is 17.5 Å². The molecule has 1 aromatic carbocycles. The Morgan fingerprint density at radius 3 is 2.87 bits per heavy atom. The van der Waals surface area contributed by atoms with Gasteiger partial charge in [-0.05, 0) is 30.5 Å². The first-order chi connectivity index (χ1) is 7.08. The van der Waals surface area contributed by atoms with E-state index in [0.717, 1.165) is 6.42 Å². The number of nitrogen functional groups attached to an aromatic ring is 1. The Morgan fingerprint density at radius 2 is 2.27 bits per heavy atom. The number of halogens is 1. The number of nitrogens with two attached hydrogens (primary N) is 1. The molecule has 15 heavy (non-hydrogen) atoms. The lowest BCUT2D eigenvalue weighted by atomic mass is 10.2. The van der Waals surface area contributed by atoms with Crippen LogP contribution in [0.4, 0.5) is 15.8 Å². The van der Waals surface area contributed by atoms with Crippen molar-refractivity contribution in [3.63, 3.8) is 0 Å². The van der Waals surface area contributed by atoms with Crippen molar-refractivity contribution in [2.24, 2.45) is 11.8 Å². The van der Waals surface area contributed by atoms with Gasteiger partial charge in [-0.2, -0.15) is 0 Å². The van der Waals surface area contributed by atoms with Crippen LogP contribution in [0.15, 0.2) is 18.2 Å². The van der Waals surface area contributed by atoms with Crippen molar-refractivity contribution in [1.29, 1.82) is 0 Å². The molecule has 2 rings (SSSR count). The molecule has 0 radical (unpaired) electrons. The zero-order valence-electron chi connectivity index (χ0n) is 8.46. The quantitative estimate of drug-likeness (QED) is 0.730. The minimum Gasteiger partial charge on any atom is -0.399 e. The van der Waals surface area contributed by atoms with Gasteiger partial charge in [0.25, 0.3) is 0 Å². The van der Waals surface area contributed by atoms with Gasteiger partial charge in [0, 0.05) is 11.6 Å². The Balaban J connectivity index is 2.10. The van der Waals surface area contributed by atoms with E-state index in [2.05, 4.69) is 5.32 Å². The molecule has 0 heterocycles. The van der Waals surface area contributed by atoms with Gasteiger partial charge in [-0.1, -0.05) is 6.92 Å². The molecule has 0 aromatic heterocycles. The molecule has 2 unspecified atom stereocenters. The average molecular weight is 208 g/mol. The molecule has 80 valence electrons. The van der Waals surface area contributed by atoms with Crippen LogP contribution in [-0.4, -0.2) is 5.91 Å². The van der Waals surface area contributed by atoms with Crippen molar-refractivity contribution < 1.29 is 9.18 Å². The number of anilines is 2. The van der Waals surface area contributed by atoms with Crippen molar-refractivity contribution in [3.8, 4) is 0 Å². The summed E-state index contributed by atoms with van der Waals surface area (Å²) in [6.07, 6.45) is 0.885.